The van der Waals surface area contributed by atoms with E-state index in [-0.39, 0.29) is 17.3 Å². The molecule has 4 aromatic carbocycles. The number of benzene rings is 4. The van der Waals surface area contributed by atoms with Gasteiger partial charge in [-0.25, -0.2) is 4.39 Å². The summed E-state index contributed by atoms with van der Waals surface area (Å²) in [4.78, 5) is 39.5. The summed E-state index contributed by atoms with van der Waals surface area (Å²) >= 11 is 4.49. The number of nitrogens with one attached hydrogen (secondary N) is 3. The van der Waals surface area contributed by atoms with E-state index in [0.29, 0.717) is 15.7 Å². The van der Waals surface area contributed by atoms with E-state index in [2.05, 4.69) is 31.9 Å². The van der Waals surface area contributed by atoms with Gasteiger partial charge in [0.2, 0.25) is 5.91 Å². The summed E-state index contributed by atoms with van der Waals surface area (Å²) in [5.74, 6) is -1.75. The first-order chi connectivity index (χ1) is 19.7. The van der Waals surface area contributed by atoms with Crippen molar-refractivity contribution in [1.82, 2.24) is 5.32 Å². The van der Waals surface area contributed by atoms with Crippen LogP contribution in [0.4, 0.5) is 15.8 Å². The minimum absolute atomic E-state index is 0.0911. The molecule has 6 nitrogen and oxygen atoms in total. The average molecular weight is 633 g/mol. The molecule has 0 aliphatic heterocycles. The monoisotopic (exact) mass is 631 g/mol. The predicted molar refractivity (Wildman–Crippen MR) is 166 cm³/mol. The van der Waals surface area contributed by atoms with E-state index in [0.717, 1.165) is 16.0 Å². The van der Waals surface area contributed by atoms with Crippen molar-refractivity contribution in [3.05, 3.63) is 130 Å². The molecule has 1 unspecified atom stereocenters. The van der Waals surface area contributed by atoms with Crippen molar-refractivity contribution in [3.63, 3.8) is 0 Å². The van der Waals surface area contributed by atoms with Crippen LogP contribution in [-0.2, 0) is 9.59 Å². The second-order valence-electron chi connectivity index (χ2n) is 9.14. The molecule has 0 heterocycles. The molecule has 0 radical (unpaired) electrons. The van der Waals surface area contributed by atoms with Crippen molar-refractivity contribution in [2.45, 2.75) is 24.0 Å². The fourth-order valence-electron chi connectivity index (χ4n) is 3.77. The Morgan fingerprint density at radius 1 is 0.878 bits per heavy atom. The van der Waals surface area contributed by atoms with Gasteiger partial charge in [-0.3, -0.25) is 14.4 Å². The third-order valence-corrected chi connectivity index (χ3v) is 7.47. The molecule has 208 valence electrons. The molecule has 0 bridgehead atoms. The van der Waals surface area contributed by atoms with E-state index < -0.39 is 22.9 Å². The van der Waals surface area contributed by atoms with Gasteiger partial charge in [-0.05, 0) is 80.1 Å². The maximum atomic E-state index is 14.1. The molecule has 4 aromatic rings. The maximum Gasteiger partial charge on any atom is 0.272 e. The molecule has 0 saturated heterocycles. The second kappa shape index (κ2) is 13.9. The highest BCUT2D eigenvalue weighted by molar-refractivity contribution is 9.10. The summed E-state index contributed by atoms with van der Waals surface area (Å²) in [6.45, 7) is 3.67. The van der Waals surface area contributed by atoms with Gasteiger partial charge in [-0.15, -0.1) is 11.8 Å². The molecule has 4 rings (SSSR count). The number of aryl methyl sites for hydroxylation is 1. The van der Waals surface area contributed by atoms with Crippen molar-refractivity contribution in [2.24, 2.45) is 0 Å². The lowest BCUT2D eigenvalue weighted by atomic mass is 10.1. The van der Waals surface area contributed by atoms with Gasteiger partial charge in [0.15, 0.2) is 0 Å². The lowest BCUT2D eigenvalue weighted by molar-refractivity contribution is -0.115. The summed E-state index contributed by atoms with van der Waals surface area (Å²) < 4.78 is 14.7. The highest BCUT2D eigenvalue weighted by atomic mass is 79.9. The van der Waals surface area contributed by atoms with Crippen LogP contribution in [0.5, 0.6) is 0 Å². The summed E-state index contributed by atoms with van der Waals surface area (Å²) in [5, 5.41) is 7.66. The lowest BCUT2D eigenvalue weighted by Crippen LogP contribution is -2.30. The number of anilines is 2. The van der Waals surface area contributed by atoms with Crippen LogP contribution in [0.3, 0.4) is 0 Å². The first-order valence-electron chi connectivity index (χ1n) is 12.7. The summed E-state index contributed by atoms with van der Waals surface area (Å²) in [5.41, 5.74) is 2.93. The Labute approximate surface area is 250 Å². The van der Waals surface area contributed by atoms with Crippen molar-refractivity contribution < 1.29 is 18.8 Å². The zero-order valence-electron chi connectivity index (χ0n) is 22.3. The van der Waals surface area contributed by atoms with E-state index in [1.165, 1.54) is 23.9 Å². The van der Waals surface area contributed by atoms with Crippen molar-refractivity contribution >= 4 is 62.9 Å². The Bertz CT molecular complexity index is 1590. The number of hydrogen-bond donors (Lipinski definition) is 3. The Hall–Kier alpha value is -4.21. The summed E-state index contributed by atoms with van der Waals surface area (Å²) in [6.07, 6.45) is 1.63. The largest absolute Gasteiger partial charge is 0.323 e. The maximum absolute atomic E-state index is 14.1. The van der Waals surface area contributed by atoms with Gasteiger partial charge in [0.1, 0.15) is 11.5 Å². The van der Waals surface area contributed by atoms with Crippen LogP contribution in [0.25, 0.3) is 6.08 Å². The van der Waals surface area contributed by atoms with E-state index in [4.69, 9.17) is 0 Å². The van der Waals surface area contributed by atoms with E-state index in [1.54, 1.807) is 67.6 Å². The lowest BCUT2D eigenvalue weighted by Gasteiger charge is -2.14. The van der Waals surface area contributed by atoms with E-state index >= 15 is 0 Å². The van der Waals surface area contributed by atoms with Crippen molar-refractivity contribution in [2.75, 3.05) is 10.6 Å². The number of halogens is 2. The van der Waals surface area contributed by atoms with E-state index in [9.17, 15) is 18.8 Å². The summed E-state index contributed by atoms with van der Waals surface area (Å²) in [7, 11) is 0. The minimum Gasteiger partial charge on any atom is -0.323 e. The quantitative estimate of drug-likeness (QED) is 0.132. The molecule has 0 aliphatic rings. The molecule has 0 aromatic heterocycles. The molecule has 0 fully saturated rings. The van der Waals surface area contributed by atoms with Crippen LogP contribution in [0, 0.1) is 12.7 Å². The number of amides is 3. The van der Waals surface area contributed by atoms with E-state index in [1.807, 2.05) is 37.3 Å². The Balaban J connectivity index is 1.43. The normalized spacial score (nSPS) is 11.9. The van der Waals surface area contributed by atoms with Crippen molar-refractivity contribution in [3.8, 4) is 0 Å². The molecular weight excluding hydrogens is 605 g/mol. The molecule has 0 saturated carbocycles. The Kier molecular flexibility index (Phi) is 10.1. The zero-order chi connectivity index (χ0) is 29.4. The van der Waals surface area contributed by atoms with Crippen LogP contribution in [0.1, 0.15) is 28.4 Å². The molecular formula is C32H27BrFN3O3S. The highest BCUT2D eigenvalue weighted by Gasteiger charge is 2.18. The third kappa shape index (κ3) is 8.64. The molecule has 3 amide bonds. The SMILES string of the molecule is Cc1cccc(/C=C(\NC(=O)c2ccccc2)C(=O)Nc2ccc(SC(C)C(=O)Nc3ccc(Br)cc3F)cc2)c1. The Morgan fingerprint density at radius 2 is 1.61 bits per heavy atom. The number of hydrogen-bond acceptors (Lipinski definition) is 4. The van der Waals surface area contributed by atoms with Gasteiger partial charge in [0, 0.05) is 20.6 Å². The zero-order valence-corrected chi connectivity index (χ0v) is 24.7. The minimum atomic E-state index is -0.527. The number of carbonyl (C=O) groups excluding carboxylic acids is 3. The van der Waals surface area contributed by atoms with Crippen LogP contribution < -0.4 is 16.0 Å². The van der Waals surface area contributed by atoms with Gasteiger partial charge >= 0.3 is 0 Å². The fourth-order valence-corrected chi connectivity index (χ4v) is 4.97. The smallest absolute Gasteiger partial charge is 0.272 e. The second-order valence-corrected chi connectivity index (χ2v) is 11.5. The van der Waals surface area contributed by atoms with Crippen LogP contribution in [0.2, 0.25) is 0 Å². The number of carbonyl (C=O) groups is 3. The molecule has 1 atom stereocenters. The Morgan fingerprint density at radius 3 is 2.29 bits per heavy atom. The number of rotatable bonds is 9. The molecule has 41 heavy (non-hydrogen) atoms. The van der Waals surface area contributed by atoms with Crippen LogP contribution in [0.15, 0.2) is 112 Å². The van der Waals surface area contributed by atoms with Crippen molar-refractivity contribution in [1.29, 1.82) is 0 Å². The van der Waals surface area contributed by atoms with Gasteiger partial charge in [-0.1, -0.05) is 64.0 Å². The molecule has 3 N–H and O–H groups in total. The topological polar surface area (TPSA) is 87.3 Å². The van der Waals surface area contributed by atoms with Gasteiger partial charge < -0.3 is 16.0 Å². The predicted octanol–water partition coefficient (Wildman–Crippen LogP) is 7.43. The van der Waals surface area contributed by atoms with Gasteiger partial charge in [0.05, 0.1) is 10.9 Å². The molecule has 0 spiro atoms. The van der Waals surface area contributed by atoms with Gasteiger partial charge in [0.25, 0.3) is 11.8 Å². The molecule has 9 heteroatoms. The van der Waals surface area contributed by atoms with Gasteiger partial charge in [-0.2, -0.15) is 0 Å². The first-order valence-corrected chi connectivity index (χ1v) is 14.3. The first kappa shape index (κ1) is 29.8. The average Bonchev–Trinajstić information content (AvgIpc) is 2.95. The fraction of sp³-hybridized carbons (Fsp3) is 0.0938. The van der Waals surface area contributed by atoms with Crippen LogP contribution in [-0.4, -0.2) is 23.0 Å². The highest BCUT2D eigenvalue weighted by Crippen LogP contribution is 2.27. The number of thioether (sulfide) groups is 1. The summed E-state index contributed by atoms with van der Waals surface area (Å²) in [6, 6.07) is 27.6. The third-order valence-electron chi connectivity index (χ3n) is 5.87. The molecule has 0 aliphatic carbocycles. The standard InChI is InChI=1S/C32H27BrFN3O3S/c1-20-7-6-8-22(17-20)18-29(37-31(39)23-9-4-3-5-10-23)32(40)35-25-12-14-26(15-13-25)41-21(2)30(38)36-28-16-11-24(33)19-27(28)34/h3-19,21H,1-2H3,(H,35,40)(H,36,38)(H,37,39)/b29-18-. The van der Waals surface area contributed by atoms with Crippen LogP contribution >= 0.6 is 27.7 Å².